The molecule has 1 aliphatic carbocycles. The van der Waals surface area contributed by atoms with Gasteiger partial charge < -0.3 is 14.6 Å². The summed E-state index contributed by atoms with van der Waals surface area (Å²) < 4.78 is 10.9. The molecule has 1 aliphatic rings. The van der Waals surface area contributed by atoms with Crippen molar-refractivity contribution in [3.8, 4) is 24.2 Å². The number of methoxy groups -OCH3 is 1. The smallest absolute Gasteiger partial charge is 0.147 e. The average molecular weight is 354 g/mol. The Kier molecular flexibility index (Phi) is 7.85. The summed E-state index contributed by atoms with van der Waals surface area (Å²) in [6.07, 6.45) is 11.5. The zero-order chi connectivity index (χ0) is 18.0. The molecule has 1 atom stereocenters. The van der Waals surface area contributed by atoms with E-state index in [0.717, 1.165) is 28.2 Å². The van der Waals surface area contributed by atoms with Gasteiger partial charge in [0.2, 0.25) is 0 Å². The topological polar surface area (TPSA) is 38.7 Å². The van der Waals surface area contributed by atoms with Gasteiger partial charge in [0, 0.05) is 24.0 Å². The molecule has 0 fully saturated rings. The zero-order valence-electron chi connectivity index (χ0n) is 14.3. The Bertz CT molecular complexity index is 719. The molecular weight excluding hydrogens is 332 g/mol. The third-order valence-corrected chi connectivity index (χ3v) is 4.79. The molecule has 0 saturated carbocycles. The van der Waals surface area contributed by atoms with Gasteiger partial charge in [-0.05, 0) is 31.1 Å². The van der Waals surface area contributed by atoms with Gasteiger partial charge in [0.1, 0.15) is 12.4 Å². The van der Waals surface area contributed by atoms with E-state index < -0.39 is 5.60 Å². The van der Waals surface area contributed by atoms with E-state index in [-0.39, 0.29) is 13.4 Å². The lowest BCUT2D eigenvalue weighted by Gasteiger charge is -2.28. The number of terminal acetylenes is 1. The van der Waals surface area contributed by atoms with Crippen molar-refractivity contribution in [3.63, 3.8) is 0 Å². The van der Waals surface area contributed by atoms with Crippen molar-refractivity contribution < 1.29 is 14.6 Å². The van der Waals surface area contributed by atoms with Gasteiger partial charge >= 0.3 is 0 Å². The molecule has 1 aromatic rings. The number of benzene rings is 1. The van der Waals surface area contributed by atoms with Crippen LogP contribution in [0.15, 0.2) is 57.9 Å². The Morgan fingerprint density at radius 1 is 1.40 bits per heavy atom. The molecule has 2 rings (SSSR count). The summed E-state index contributed by atoms with van der Waals surface area (Å²) in [7, 11) is 1.59. The number of thioether (sulfide) groups is 1. The summed E-state index contributed by atoms with van der Waals surface area (Å²) in [5.74, 6) is 9.06. The number of rotatable bonds is 7. The van der Waals surface area contributed by atoms with Crippen molar-refractivity contribution in [1.29, 1.82) is 0 Å². The highest BCUT2D eigenvalue weighted by Crippen LogP contribution is 2.37. The fourth-order valence-corrected chi connectivity index (χ4v) is 3.41. The van der Waals surface area contributed by atoms with Gasteiger partial charge in [0.15, 0.2) is 0 Å². The molecule has 1 N–H and O–H groups in total. The van der Waals surface area contributed by atoms with Crippen LogP contribution in [0.3, 0.4) is 0 Å². The molecule has 0 amide bonds. The fraction of sp³-hybridized carbons (Fsp3) is 0.333. The van der Waals surface area contributed by atoms with Gasteiger partial charge in [-0.2, -0.15) is 0 Å². The second-order valence-corrected chi connectivity index (χ2v) is 6.61. The van der Waals surface area contributed by atoms with Crippen LogP contribution in [0.1, 0.15) is 19.3 Å². The lowest BCUT2D eigenvalue weighted by Crippen LogP contribution is -2.32. The molecule has 0 saturated heterocycles. The molecule has 0 spiro atoms. The van der Waals surface area contributed by atoms with Crippen molar-refractivity contribution >= 4 is 11.8 Å². The number of hydrogen-bond donors (Lipinski definition) is 1. The van der Waals surface area contributed by atoms with E-state index in [1.165, 1.54) is 11.8 Å². The minimum atomic E-state index is -0.570. The molecule has 0 aromatic heterocycles. The number of ether oxygens (including phenoxy) is 2. The normalized spacial score (nSPS) is 19.7. The summed E-state index contributed by atoms with van der Waals surface area (Å²) in [5.41, 5.74) is 0.319. The summed E-state index contributed by atoms with van der Waals surface area (Å²) in [5, 5.41) is 9.27. The molecule has 1 aromatic carbocycles. The lowest BCUT2D eigenvalue weighted by molar-refractivity contribution is -0.108. The van der Waals surface area contributed by atoms with Crippen molar-refractivity contribution in [1.82, 2.24) is 0 Å². The van der Waals surface area contributed by atoms with Crippen LogP contribution < -0.4 is 0 Å². The van der Waals surface area contributed by atoms with Crippen molar-refractivity contribution in [2.75, 3.05) is 20.5 Å². The van der Waals surface area contributed by atoms with E-state index in [1.807, 2.05) is 30.3 Å². The van der Waals surface area contributed by atoms with Crippen LogP contribution in [-0.4, -0.2) is 31.2 Å². The Labute approximate surface area is 154 Å². The summed E-state index contributed by atoms with van der Waals surface area (Å²) >= 11 is 1.52. The molecule has 3 nitrogen and oxygen atoms in total. The van der Waals surface area contributed by atoms with Gasteiger partial charge in [0.25, 0.3) is 0 Å². The predicted octanol–water partition coefficient (Wildman–Crippen LogP) is 3.76. The van der Waals surface area contributed by atoms with Gasteiger partial charge in [-0.3, -0.25) is 0 Å². The van der Waals surface area contributed by atoms with Crippen LogP contribution >= 0.6 is 11.8 Å². The Hall–Kier alpha value is -1.95. The van der Waals surface area contributed by atoms with E-state index in [0.29, 0.717) is 6.42 Å². The van der Waals surface area contributed by atoms with E-state index >= 15 is 0 Å². The summed E-state index contributed by atoms with van der Waals surface area (Å²) in [4.78, 5) is 1.87. The highest BCUT2D eigenvalue weighted by molar-refractivity contribution is 8.03. The number of allylic oxidation sites excluding steroid dienone is 2. The first-order chi connectivity index (χ1) is 12.2. The van der Waals surface area contributed by atoms with Gasteiger partial charge in [-0.15, -0.1) is 12.3 Å². The standard InChI is InChI=1S/C21H22O3S/c1-3-14-21(24-17-23-2)15-7-8-18(21)11-12-20(13-16-22)25-19-9-5-4-6-10-19/h1,4-6,8-10,13,22H,7,14-17H2,2H3/b20-13+. The maximum Gasteiger partial charge on any atom is 0.147 e. The largest absolute Gasteiger partial charge is 0.392 e. The van der Waals surface area contributed by atoms with Crippen LogP contribution in [0.2, 0.25) is 0 Å². The molecule has 0 bridgehead atoms. The molecular formula is C21H22O3S. The number of hydrogen-bond acceptors (Lipinski definition) is 4. The third-order valence-electron chi connectivity index (χ3n) is 3.80. The third kappa shape index (κ3) is 5.53. The van der Waals surface area contributed by atoms with E-state index in [9.17, 15) is 5.11 Å². The second kappa shape index (κ2) is 10.1. The van der Waals surface area contributed by atoms with E-state index in [1.54, 1.807) is 13.2 Å². The first kappa shape index (κ1) is 19.4. The molecule has 25 heavy (non-hydrogen) atoms. The fourth-order valence-electron chi connectivity index (χ4n) is 2.60. The zero-order valence-corrected chi connectivity index (χ0v) is 15.1. The SMILES string of the molecule is C#CCC1(OCOC)CCC=C1C#C/C(=C\CO)Sc1ccccc1. The lowest BCUT2D eigenvalue weighted by atomic mass is 9.92. The molecule has 0 heterocycles. The monoisotopic (exact) mass is 354 g/mol. The summed E-state index contributed by atoms with van der Waals surface area (Å²) in [6, 6.07) is 9.94. The predicted molar refractivity (Wildman–Crippen MR) is 102 cm³/mol. The average Bonchev–Trinajstić information content (AvgIpc) is 3.02. The maximum atomic E-state index is 9.27. The van der Waals surface area contributed by atoms with Crippen LogP contribution in [0.5, 0.6) is 0 Å². The van der Waals surface area contributed by atoms with Crippen molar-refractivity contribution in [2.45, 2.75) is 29.8 Å². The van der Waals surface area contributed by atoms with Gasteiger partial charge in [-0.1, -0.05) is 47.9 Å². The highest BCUT2D eigenvalue weighted by Gasteiger charge is 2.37. The van der Waals surface area contributed by atoms with E-state index in [4.69, 9.17) is 15.9 Å². The molecule has 4 heteroatoms. The van der Waals surface area contributed by atoms with Crippen LogP contribution in [0, 0.1) is 24.2 Å². The van der Waals surface area contributed by atoms with Crippen LogP contribution in [0.25, 0.3) is 0 Å². The Morgan fingerprint density at radius 2 is 2.20 bits per heavy atom. The minimum Gasteiger partial charge on any atom is -0.392 e. The maximum absolute atomic E-state index is 9.27. The molecule has 130 valence electrons. The molecule has 0 aliphatic heterocycles. The molecule has 0 radical (unpaired) electrons. The van der Waals surface area contributed by atoms with E-state index in [2.05, 4.69) is 23.8 Å². The molecule has 1 unspecified atom stereocenters. The van der Waals surface area contributed by atoms with Crippen molar-refractivity contribution in [3.05, 3.63) is 53.0 Å². The number of aliphatic hydroxyl groups excluding tert-OH is 1. The first-order valence-electron chi connectivity index (χ1n) is 8.07. The van der Waals surface area contributed by atoms with Gasteiger partial charge in [-0.25, -0.2) is 0 Å². The highest BCUT2D eigenvalue weighted by atomic mass is 32.2. The Balaban J connectivity index is 2.20. The van der Waals surface area contributed by atoms with Crippen LogP contribution in [0.4, 0.5) is 0 Å². The second-order valence-electron chi connectivity index (χ2n) is 5.50. The summed E-state index contributed by atoms with van der Waals surface area (Å²) in [6.45, 7) is 0.122. The first-order valence-corrected chi connectivity index (χ1v) is 8.88. The number of aliphatic hydroxyl groups is 1. The Morgan fingerprint density at radius 3 is 2.88 bits per heavy atom. The quantitative estimate of drug-likeness (QED) is 0.460. The van der Waals surface area contributed by atoms with Gasteiger partial charge in [0.05, 0.1) is 11.5 Å². The van der Waals surface area contributed by atoms with Crippen LogP contribution in [-0.2, 0) is 9.47 Å². The minimum absolute atomic E-state index is 0.0570. The van der Waals surface area contributed by atoms with Crippen molar-refractivity contribution in [2.24, 2.45) is 0 Å².